The molecule has 1 heterocycles. The van der Waals surface area contributed by atoms with Crippen molar-refractivity contribution in [1.29, 1.82) is 0 Å². The number of benzene rings is 1. The predicted octanol–water partition coefficient (Wildman–Crippen LogP) is 3.01. The lowest BCUT2D eigenvalue weighted by molar-refractivity contribution is -0.0470. The van der Waals surface area contributed by atoms with Crippen LogP contribution >= 0.6 is 12.6 Å². The first-order valence-electron chi connectivity index (χ1n) is 5.47. The van der Waals surface area contributed by atoms with E-state index < -0.39 is 0 Å². The van der Waals surface area contributed by atoms with Crippen LogP contribution in [-0.2, 0) is 10.2 Å². The summed E-state index contributed by atoms with van der Waals surface area (Å²) < 4.78 is 5.31. The fourth-order valence-electron chi connectivity index (χ4n) is 1.92. The lowest BCUT2D eigenvalue weighted by Gasteiger charge is -2.41. The van der Waals surface area contributed by atoms with Gasteiger partial charge in [0.25, 0.3) is 0 Å². The van der Waals surface area contributed by atoms with E-state index in [1.54, 1.807) is 0 Å². The van der Waals surface area contributed by atoms with Crippen LogP contribution in [0.1, 0.15) is 30.9 Å². The van der Waals surface area contributed by atoms with E-state index in [0.717, 1.165) is 19.0 Å². The minimum Gasteiger partial charge on any atom is -0.379 e. The van der Waals surface area contributed by atoms with E-state index in [1.165, 1.54) is 11.1 Å². The maximum absolute atomic E-state index is 5.31. The molecular formula is C13H18OS. The number of hydrogen-bond acceptors (Lipinski definition) is 2. The zero-order valence-corrected chi connectivity index (χ0v) is 10.3. The van der Waals surface area contributed by atoms with E-state index in [-0.39, 0.29) is 5.41 Å². The van der Waals surface area contributed by atoms with Crippen molar-refractivity contribution in [2.75, 3.05) is 19.0 Å². The zero-order valence-electron chi connectivity index (χ0n) is 9.36. The molecule has 0 radical (unpaired) electrons. The van der Waals surface area contributed by atoms with Crippen LogP contribution < -0.4 is 0 Å². The number of thiol groups is 1. The van der Waals surface area contributed by atoms with Crippen molar-refractivity contribution in [2.24, 2.45) is 0 Å². The van der Waals surface area contributed by atoms with Gasteiger partial charge in [0.1, 0.15) is 0 Å². The van der Waals surface area contributed by atoms with Gasteiger partial charge in [0, 0.05) is 5.75 Å². The minimum absolute atomic E-state index is 0.179. The van der Waals surface area contributed by atoms with Crippen molar-refractivity contribution in [2.45, 2.75) is 25.2 Å². The molecule has 0 atom stereocenters. The van der Waals surface area contributed by atoms with E-state index in [2.05, 4.69) is 50.7 Å². The summed E-state index contributed by atoms with van der Waals surface area (Å²) in [5.74, 6) is 1.47. The topological polar surface area (TPSA) is 9.23 Å². The Morgan fingerprint density at radius 2 is 1.87 bits per heavy atom. The molecule has 0 saturated carbocycles. The molecule has 0 amide bonds. The van der Waals surface area contributed by atoms with Crippen LogP contribution in [0, 0.1) is 0 Å². The van der Waals surface area contributed by atoms with Gasteiger partial charge in [0.05, 0.1) is 18.6 Å². The molecule has 1 nitrogen and oxygen atoms in total. The van der Waals surface area contributed by atoms with Crippen LogP contribution in [0.4, 0.5) is 0 Å². The van der Waals surface area contributed by atoms with Gasteiger partial charge < -0.3 is 4.74 Å². The molecule has 0 bridgehead atoms. The molecule has 1 aliphatic rings. The van der Waals surface area contributed by atoms with Gasteiger partial charge in [-0.05, 0) is 17.0 Å². The summed E-state index contributed by atoms with van der Waals surface area (Å²) in [5, 5.41) is 0. The summed E-state index contributed by atoms with van der Waals surface area (Å²) in [7, 11) is 0. The highest BCUT2D eigenvalue weighted by molar-refractivity contribution is 7.80. The summed E-state index contributed by atoms with van der Waals surface area (Å²) in [4.78, 5) is 0. The normalized spacial score (nSPS) is 18.9. The predicted molar refractivity (Wildman–Crippen MR) is 66.9 cm³/mol. The Labute approximate surface area is 97.2 Å². The molecule has 15 heavy (non-hydrogen) atoms. The summed E-state index contributed by atoms with van der Waals surface area (Å²) in [6.45, 7) is 6.07. The third-order valence-corrected chi connectivity index (χ3v) is 3.85. The molecule has 0 aromatic heterocycles. The molecule has 1 fully saturated rings. The Hall–Kier alpha value is -0.470. The van der Waals surface area contributed by atoms with Crippen molar-refractivity contribution in [3.8, 4) is 0 Å². The van der Waals surface area contributed by atoms with Gasteiger partial charge in [-0.15, -0.1) is 0 Å². The first kappa shape index (κ1) is 11.0. The van der Waals surface area contributed by atoms with Crippen molar-refractivity contribution < 1.29 is 4.74 Å². The number of hydrogen-bond donors (Lipinski definition) is 1. The van der Waals surface area contributed by atoms with Crippen molar-refractivity contribution in [1.82, 2.24) is 0 Å². The summed E-state index contributed by atoms with van der Waals surface area (Å²) in [6.07, 6.45) is 0. The zero-order chi connectivity index (χ0) is 10.9. The number of ether oxygens (including phenoxy) is 1. The maximum atomic E-state index is 5.31. The highest BCUT2D eigenvalue weighted by atomic mass is 32.1. The van der Waals surface area contributed by atoms with Crippen LogP contribution in [0.5, 0.6) is 0 Å². The van der Waals surface area contributed by atoms with E-state index in [1.807, 2.05) is 0 Å². The molecule has 2 heteroatoms. The number of rotatable bonds is 3. The standard InChI is InChI=1S/C13H18OS/c1-10(2)11-3-5-12(6-4-11)13(9-15)7-14-8-13/h3-6,10,15H,7-9H2,1-2H3. The molecule has 1 aromatic carbocycles. The van der Waals surface area contributed by atoms with Crippen molar-refractivity contribution in [3.05, 3.63) is 35.4 Å². The monoisotopic (exact) mass is 222 g/mol. The van der Waals surface area contributed by atoms with Gasteiger partial charge in [-0.1, -0.05) is 38.1 Å². The molecule has 2 rings (SSSR count). The van der Waals surface area contributed by atoms with E-state index >= 15 is 0 Å². The first-order valence-corrected chi connectivity index (χ1v) is 6.10. The average molecular weight is 222 g/mol. The Balaban J connectivity index is 2.23. The Morgan fingerprint density at radius 1 is 1.27 bits per heavy atom. The second kappa shape index (κ2) is 4.18. The molecule has 82 valence electrons. The first-order chi connectivity index (χ1) is 7.18. The summed E-state index contributed by atoms with van der Waals surface area (Å²) in [5.41, 5.74) is 2.94. The molecule has 1 aliphatic heterocycles. The largest absolute Gasteiger partial charge is 0.379 e. The molecule has 0 spiro atoms. The quantitative estimate of drug-likeness (QED) is 0.774. The third kappa shape index (κ3) is 1.93. The Morgan fingerprint density at radius 3 is 2.20 bits per heavy atom. The Kier molecular flexibility index (Phi) is 3.08. The lowest BCUT2D eigenvalue weighted by Crippen LogP contribution is -2.48. The second-order valence-electron chi connectivity index (χ2n) is 4.71. The lowest BCUT2D eigenvalue weighted by atomic mass is 9.80. The SMILES string of the molecule is CC(C)c1ccc(C2(CS)COC2)cc1. The smallest absolute Gasteiger partial charge is 0.0593 e. The Bertz CT molecular complexity index is 319. The van der Waals surface area contributed by atoms with Crippen LogP contribution in [0.3, 0.4) is 0 Å². The molecule has 0 aliphatic carbocycles. The molecular weight excluding hydrogens is 204 g/mol. The van der Waals surface area contributed by atoms with Gasteiger partial charge in [0.15, 0.2) is 0 Å². The maximum Gasteiger partial charge on any atom is 0.0593 e. The molecule has 1 saturated heterocycles. The van der Waals surface area contributed by atoms with E-state index in [4.69, 9.17) is 4.74 Å². The third-order valence-electron chi connectivity index (χ3n) is 3.25. The average Bonchev–Trinajstić information content (AvgIpc) is 2.18. The van der Waals surface area contributed by atoms with Gasteiger partial charge in [-0.3, -0.25) is 0 Å². The van der Waals surface area contributed by atoms with Gasteiger partial charge in [-0.25, -0.2) is 0 Å². The summed E-state index contributed by atoms with van der Waals surface area (Å²) in [6, 6.07) is 8.91. The molecule has 0 N–H and O–H groups in total. The fourth-order valence-corrected chi connectivity index (χ4v) is 2.28. The second-order valence-corrected chi connectivity index (χ2v) is 5.02. The van der Waals surface area contributed by atoms with Gasteiger partial charge >= 0.3 is 0 Å². The van der Waals surface area contributed by atoms with Crippen LogP contribution in [0.2, 0.25) is 0 Å². The highest BCUT2D eigenvalue weighted by Gasteiger charge is 2.38. The van der Waals surface area contributed by atoms with Crippen LogP contribution in [-0.4, -0.2) is 19.0 Å². The van der Waals surface area contributed by atoms with Gasteiger partial charge in [0.2, 0.25) is 0 Å². The molecule has 0 unspecified atom stereocenters. The van der Waals surface area contributed by atoms with Crippen LogP contribution in [0.15, 0.2) is 24.3 Å². The molecule has 1 aromatic rings. The fraction of sp³-hybridized carbons (Fsp3) is 0.538. The minimum atomic E-state index is 0.179. The van der Waals surface area contributed by atoms with Gasteiger partial charge in [-0.2, -0.15) is 12.6 Å². The van der Waals surface area contributed by atoms with E-state index in [0.29, 0.717) is 5.92 Å². The van der Waals surface area contributed by atoms with Crippen molar-refractivity contribution in [3.63, 3.8) is 0 Å². The summed E-state index contributed by atoms with van der Waals surface area (Å²) >= 11 is 4.43. The van der Waals surface area contributed by atoms with Crippen molar-refractivity contribution >= 4 is 12.6 Å². The van der Waals surface area contributed by atoms with E-state index in [9.17, 15) is 0 Å². The van der Waals surface area contributed by atoms with Crippen LogP contribution in [0.25, 0.3) is 0 Å². The highest BCUT2D eigenvalue weighted by Crippen LogP contribution is 2.34.